The first-order valence-corrected chi connectivity index (χ1v) is 6.39. The lowest BCUT2D eigenvalue weighted by Gasteiger charge is -2.12. The van der Waals surface area contributed by atoms with Crippen molar-refractivity contribution in [1.82, 2.24) is 4.98 Å². The maximum atomic E-state index is 12.3. The van der Waals surface area contributed by atoms with E-state index in [9.17, 15) is 8.78 Å². The van der Waals surface area contributed by atoms with Gasteiger partial charge in [-0.25, -0.2) is 4.98 Å². The Morgan fingerprint density at radius 1 is 1.20 bits per heavy atom. The maximum Gasteiger partial charge on any atom is 0.387 e. The highest BCUT2D eigenvalue weighted by Gasteiger charge is 2.10. The fraction of sp³-hybridized carbons (Fsp3) is 0.154. The van der Waals surface area contributed by atoms with E-state index in [1.807, 2.05) is 0 Å². The van der Waals surface area contributed by atoms with Crippen molar-refractivity contribution in [3.63, 3.8) is 0 Å². The van der Waals surface area contributed by atoms with E-state index >= 15 is 0 Å². The molecule has 0 aliphatic heterocycles. The quantitative estimate of drug-likeness (QED) is 0.818. The Morgan fingerprint density at radius 3 is 2.70 bits per heavy atom. The van der Waals surface area contributed by atoms with Crippen LogP contribution in [-0.2, 0) is 6.54 Å². The number of nitrogens with one attached hydrogen (secondary N) is 1. The zero-order valence-electron chi connectivity index (χ0n) is 10.1. The second-order valence-electron chi connectivity index (χ2n) is 3.85. The monoisotopic (exact) mass is 318 g/mol. The van der Waals surface area contributed by atoms with E-state index in [2.05, 4.69) is 15.0 Å². The van der Waals surface area contributed by atoms with Crippen LogP contribution < -0.4 is 10.1 Å². The molecule has 0 radical (unpaired) electrons. The van der Waals surface area contributed by atoms with Gasteiger partial charge in [0.1, 0.15) is 10.9 Å². The zero-order valence-corrected chi connectivity index (χ0v) is 11.6. The van der Waals surface area contributed by atoms with Gasteiger partial charge < -0.3 is 10.1 Å². The van der Waals surface area contributed by atoms with Gasteiger partial charge in [-0.05, 0) is 30.3 Å². The number of rotatable bonds is 5. The third-order valence-corrected chi connectivity index (χ3v) is 2.89. The molecule has 7 heteroatoms. The summed E-state index contributed by atoms with van der Waals surface area (Å²) in [6.07, 6.45) is 1.54. The largest absolute Gasteiger partial charge is 0.434 e. The number of benzene rings is 1. The summed E-state index contributed by atoms with van der Waals surface area (Å²) in [5.41, 5.74) is 1.23. The number of nitrogens with zero attached hydrogens (tertiary/aromatic N) is 1. The van der Waals surface area contributed by atoms with Gasteiger partial charge in [-0.15, -0.1) is 0 Å². The summed E-state index contributed by atoms with van der Waals surface area (Å²) < 4.78 is 29.1. The van der Waals surface area contributed by atoms with Gasteiger partial charge in [0.2, 0.25) is 0 Å². The Labute approximate surface area is 124 Å². The van der Waals surface area contributed by atoms with Crippen molar-refractivity contribution in [2.24, 2.45) is 0 Å². The normalized spacial score (nSPS) is 10.7. The molecule has 20 heavy (non-hydrogen) atoms. The van der Waals surface area contributed by atoms with Gasteiger partial charge in [-0.2, -0.15) is 8.78 Å². The first kappa shape index (κ1) is 14.8. The highest BCUT2D eigenvalue weighted by Crippen LogP contribution is 2.25. The molecule has 0 atom stereocenters. The van der Waals surface area contributed by atoms with Gasteiger partial charge in [-0.1, -0.05) is 23.2 Å². The highest BCUT2D eigenvalue weighted by molar-refractivity contribution is 6.30. The van der Waals surface area contributed by atoms with E-state index in [4.69, 9.17) is 23.2 Å². The average Bonchev–Trinajstić information content (AvgIpc) is 2.39. The number of anilines is 1. The Bertz CT molecular complexity index is 596. The molecule has 0 unspecified atom stereocenters. The lowest BCUT2D eigenvalue weighted by molar-refractivity contribution is -0.0504. The van der Waals surface area contributed by atoms with Crippen LogP contribution in [0.3, 0.4) is 0 Å². The molecule has 1 aromatic carbocycles. The smallest absolute Gasteiger partial charge is 0.387 e. The summed E-state index contributed by atoms with van der Waals surface area (Å²) in [6.45, 7) is -2.62. The SMILES string of the molecule is FC(F)Oc1ccc(Cl)cc1CNc1ccnc(Cl)c1. The number of hydrogen-bond donors (Lipinski definition) is 1. The van der Waals surface area contributed by atoms with Crippen LogP contribution in [-0.4, -0.2) is 11.6 Å². The molecule has 0 saturated carbocycles. The Hall–Kier alpha value is -1.59. The van der Waals surface area contributed by atoms with Gasteiger partial charge in [0, 0.05) is 29.0 Å². The van der Waals surface area contributed by atoms with Crippen molar-refractivity contribution in [3.05, 3.63) is 52.3 Å². The minimum atomic E-state index is -2.88. The van der Waals surface area contributed by atoms with Crippen LogP contribution in [0, 0.1) is 0 Å². The van der Waals surface area contributed by atoms with Crippen molar-refractivity contribution in [3.8, 4) is 5.75 Å². The van der Waals surface area contributed by atoms with Gasteiger partial charge in [0.05, 0.1) is 0 Å². The maximum absolute atomic E-state index is 12.3. The molecule has 2 aromatic rings. The lowest BCUT2D eigenvalue weighted by Crippen LogP contribution is -2.07. The van der Waals surface area contributed by atoms with Crippen LogP contribution in [0.1, 0.15) is 5.56 Å². The highest BCUT2D eigenvalue weighted by atomic mass is 35.5. The molecule has 106 valence electrons. The fourth-order valence-electron chi connectivity index (χ4n) is 1.61. The molecular weight excluding hydrogens is 309 g/mol. The van der Waals surface area contributed by atoms with E-state index in [0.717, 1.165) is 0 Å². The van der Waals surface area contributed by atoms with Crippen LogP contribution >= 0.6 is 23.2 Å². The zero-order chi connectivity index (χ0) is 14.5. The van der Waals surface area contributed by atoms with Crippen molar-refractivity contribution >= 4 is 28.9 Å². The molecule has 0 bridgehead atoms. The molecule has 3 nitrogen and oxygen atoms in total. The lowest BCUT2D eigenvalue weighted by atomic mass is 10.2. The first-order valence-electron chi connectivity index (χ1n) is 5.63. The molecule has 0 saturated heterocycles. The molecule has 1 N–H and O–H groups in total. The third kappa shape index (κ3) is 4.21. The molecule has 0 aliphatic carbocycles. The predicted octanol–water partition coefficient (Wildman–Crippen LogP) is 4.60. The van der Waals surface area contributed by atoms with Crippen LogP contribution in [0.15, 0.2) is 36.5 Å². The Morgan fingerprint density at radius 2 is 2.00 bits per heavy atom. The average molecular weight is 319 g/mol. The number of aromatic nitrogens is 1. The molecule has 0 aliphatic rings. The molecule has 0 fully saturated rings. The second-order valence-corrected chi connectivity index (χ2v) is 4.68. The molecule has 0 amide bonds. The molecule has 2 rings (SSSR count). The minimum Gasteiger partial charge on any atom is -0.434 e. The van der Waals surface area contributed by atoms with Crippen LogP contribution in [0.25, 0.3) is 0 Å². The number of pyridine rings is 1. The van der Waals surface area contributed by atoms with Gasteiger partial charge in [-0.3, -0.25) is 0 Å². The van der Waals surface area contributed by atoms with Crippen molar-refractivity contribution in [2.75, 3.05) is 5.32 Å². The summed E-state index contributed by atoms with van der Waals surface area (Å²) in [7, 11) is 0. The summed E-state index contributed by atoms with van der Waals surface area (Å²) in [6, 6.07) is 7.80. The van der Waals surface area contributed by atoms with Crippen molar-refractivity contribution < 1.29 is 13.5 Å². The topological polar surface area (TPSA) is 34.1 Å². The number of ether oxygens (including phenoxy) is 1. The van der Waals surface area contributed by atoms with Crippen molar-refractivity contribution in [1.29, 1.82) is 0 Å². The van der Waals surface area contributed by atoms with Gasteiger partial charge in [0.15, 0.2) is 0 Å². The summed E-state index contributed by atoms with van der Waals surface area (Å²) >= 11 is 11.6. The number of alkyl halides is 2. The second kappa shape index (κ2) is 6.72. The van der Waals surface area contributed by atoms with E-state index < -0.39 is 6.61 Å². The van der Waals surface area contributed by atoms with Gasteiger partial charge in [0.25, 0.3) is 0 Å². The van der Waals surface area contributed by atoms with Crippen LogP contribution in [0.5, 0.6) is 5.75 Å². The Balaban J connectivity index is 2.13. The first-order chi connectivity index (χ1) is 9.54. The van der Waals surface area contributed by atoms with Gasteiger partial charge >= 0.3 is 6.61 Å². The van der Waals surface area contributed by atoms with E-state index in [-0.39, 0.29) is 12.3 Å². The Kier molecular flexibility index (Phi) is 4.98. The molecule has 1 aromatic heterocycles. The van der Waals surface area contributed by atoms with E-state index in [0.29, 0.717) is 21.4 Å². The van der Waals surface area contributed by atoms with Crippen LogP contribution in [0.4, 0.5) is 14.5 Å². The number of halogens is 4. The minimum absolute atomic E-state index is 0.0806. The third-order valence-electron chi connectivity index (χ3n) is 2.45. The predicted molar refractivity (Wildman–Crippen MR) is 74.7 cm³/mol. The standard InChI is InChI=1S/C13H10Cl2F2N2O/c14-9-1-2-11(20-13(16)17)8(5-9)7-19-10-3-4-18-12(15)6-10/h1-6,13H,7H2,(H,18,19). The molecular formula is C13H10Cl2F2N2O. The van der Waals surface area contributed by atoms with E-state index in [1.165, 1.54) is 12.1 Å². The number of hydrogen-bond acceptors (Lipinski definition) is 3. The van der Waals surface area contributed by atoms with Crippen LogP contribution in [0.2, 0.25) is 10.2 Å². The summed E-state index contributed by atoms with van der Waals surface area (Å²) in [4.78, 5) is 3.85. The summed E-state index contributed by atoms with van der Waals surface area (Å²) in [5, 5.41) is 3.81. The molecule has 1 heterocycles. The molecule has 0 spiro atoms. The summed E-state index contributed by atoms with van der Waals surface area (Å²) in [5.74, 6) is 0.0806. The fourth-order valence-corrected chi connectivity index (χ4v) is 1.98. The van der Waals surface area contributed by atoms with E-state index in [1.54, 1.807) is 24.4 Å². The van der Waals surface area contributed by atoms with Crippen molar-refractivity contribution in [2.45, 2.75) is 13.2 Å².